The quantitative estimate of drug-likeness (QED) is 0.321. The van der Waals surface area contributed by atoms with Crippen molar-refractivity contribution in [3.63, 3.8) is 0 Å². The highest BCUT2D eigenvalue weighted by molar-refractivity contribution is 5.84. The van der Waals surface area contributed by atoms with E-state index in [4.69, 9.17) is 0 Å². The lowest BCUT2D eigenvalue weighted by Crippen LogP contribution is -2.21. The Bertz CT molecular complexity index is 1530. The van der Waals surface area contributed by atoms with Gasteiger partial charge in [-0.05, 0) is 79.8 Å². The highest BCUT2D eigenvalue weighted by atomic mass is 19.4. The van der Waals surface area contributed by atoms with E-state index in [1.807, 2.05) is 19.9 Å². The monoisotopic (exact) mass is 490 g/mol. The van der Waals surface area contributed by atoms with Gasteiger partial charge >= 0.3 is 6.18 Å². The minimum absolute atomic E-state index is 0.0455. The van der Waals surface area contributed by atoms with Crippen molar-refractivity contribution in [2.24, 2.45) is 5.10 Å². The summed E-state index contributed by atoms with van der Waals surface area (Å²) in [5, 5.41) is 4.78. The summed E-state index contributed by atoms with van der Waals surface area (Å²) in [6.45, 7) is 6.09. The van der Waals surface area contributed by atoms with Crippen molar-refractivity contribution >= 4 is 22.8 Å². The molecule has 1 aliphatic rings. The number of anilines is 1. The molecule has 4 aromatic rings. The van der Waals surface area contributed by atoms with Crippen molar-refractivity contribution in [3.05, 3.63) is 93.3 Å². The van der Waals surface area contributed by atoms with Crippen LogP contribution in [0.3, 0.4) is 0 Å². The molecule has 5 rings (SSSR count). The minimum atomic E-state index is -4.52. The maximum absolute atomic E-state index is 13.4. The number of rotatable bonds is 4. The van der Waals surface area contributed by atoms with Gasteiger partial charge in [0.2, 0.25) is 0 Å². The van der Waals surface area contributed by atoms with E-state index in [1.54, 1.807) is 30.5 Å². The zero-order chi connectivity index (χ0) is 25.4. The van der Waals surface area contributed by atoms with E-state index in [9.17, 15) is 18.0 Å². The third kappa shape index (κ3) is 4.51. The lowest BCUT2D eigenvalue weighted by atomic mass is 10.0. The van der Waals surface area contributed by atoms with Crippen LogP contribution in [0.15, 0.2) is 70.6 Å². The Morgan fingerprint density at radius 3 is 2.44 bits per heavy atom. The van der Waals surface area contributed by atoms with Crippen LogP contribution >= 0.6 is 0 Å². The van der Waals surface area contributed by atoms with Crippen LogP contribution in [0.25, 0.3) is 22.3 Å². The molecule has 36 heavy (non-hydrogen) atoms. The predicted octanol–water partition coefficient (Wildman–Crippen LogP) is 6.18. The molecule has 2 heterocycles. The second-order valence-corrected chi connectivity index (χ2v) is 9.08. The molecule has 0 spiro atoms. The van der Waals surface area contributed by atoms with Gasteiger partial charge in [0.15, 0.2) is 5.82 Å². The zero-order valence-electron chi connectivity index (χ0n) is 20.0. The molecule has 5 nitrogen and oxygen atoms in total. The van der Waals surface area contributed by atoms with Crippen LogP contribution in [0.4, 0.5) is 18.9 Å². The molecule has 0 amide bonds. The molecular formula is C28H25F3N4O. The highest BCUT2D eigenvalue weighted by Crippen LogP contribution is 2.32. The zero-order valence-corrected chi connectivity index (χ0v) is 20.0. The van der Waals surface area contributed by atoms with Crippen molar-refractivity contribution in [2.75, 3.05) is 18.0 Å². The number of aromatic nitrogens is 2. The summed E-state index contributed by atoms with van der Waals surface area (Å²) < 4.78 is 41.3. The van der Waals surface area contributed by atoms with Gasteiger partial charge < -0.3 is 4.90 Å². The number of fused-ring (bicyclic) bond motifs is 1. The molecule has 3 aromatic carbocycles. The molecule has 0 saturated carbocycles. The number of aryl methyl sites for hydroxylation is 2. The van der Waals surface area contributed by atoms with Gasteiger partial charge in [0, 0.05) is 24.3 Å². The van der Waals surface area contributed by atoms with Crippen molar-refractivity contribution in [3.8, 4) is 11.4 Å². The topological polar surface area (TPSA) is 50.5 Å². The Labute approximate surface area is 206 Å². The Balaban J connectivity index is 1.64. The van der Waals surface area contributed by atoms with Gasteiger partial charge in [-0.25, -0.2) is 4.98 Å². The predicted molar refractivity (Wildman–Crippen MR) is 137 cm³/mol. The van der Waals surface area contributed by atoms with E-state index in [1.165, 1.54) is 30.7 Å². The normalized spacial score (nSPS) is 14.3. The molecule has 1 saturated heterocycles. The number of halogens is 3. The number of para-hydroxylation sites is 1. The molecule has 1 aromatic heterocycles. The Morgan fingerprint density at radius 1 is 0.944 bits per heavy atom. The number of hydrogen-bond donors (Lipinski definition) is 0. The number of benzene rings is 3. The summed E-state index contributed by atoms with van der Waals surface area (Å²) in [7, 11) is 0. The molecule has 0 radical (unpaired) electrons. The van der Waals surface area contributed by atoms with Crippen molar-refractivity contribution in [1.82, 2.24) is 9.66 Å². The molecule has 0 atom stereocenters. The van der Waals surface area contributed by atoms with E-state index in [0.717, 1.165) is 46.6 Å². The first-order chi connectivity index (χ1) is 17.2. The Hall–Kier alpha value is -3.94. The average molecular weight is 491 g/mol. The van der Waals surface area contributed by atoms with Crippen LogP contribution in [-0.2, 0) is 6.18 Å². The number of alkyl halides is 3. The minimum Gasteiger partial charge on any atom is -0.371 e. The van der Waals surface area contributed by atoms with Gasteiger partial charge in [-0.2, -0.15) is 22.9 Å². The highest BCUT2D eigenvalue weighted by Gasteiger charge is 2.31. The summed E-state index contributed by atoms with van der Waals surface area (Å²) in [5.74, 6) is 0.0455. The molecule has 1 fully saturated rings. The molecule has 1 aliphatic heterocycles. The van der Waals surface area contributed by atoms with Crippen molar-refractivity contribution in [1.29, 1.82) is 0 Å². The summed E-state index contributed by atoms with van der Waals surface area (Å²) in [6.07, 6.45) is -0.589. The van der Waals surface area contributed by atoms with Gasteiger partial charge in [0.05, 0.1) is 22.7 Å². The van der Waals surface area contributed by atoms with Crippen LogP contribution < -0.4 is 10.5 Å². The van der Waals surface area contributed by atoms with Gasteiger partial charge in [-0.3, -0.25) is 4.79 Å². The van der Waals surface area contributed by atoms with E-state index in [-0.39, 0.29) is 11.4 Å². The van der Waals surface area contributed by atoms with E-state index in [2.05, 4.69) is 21.1 Å². The average Bonchev–Trinajstić information content (AvgIpc) is 3.39. The van der Waals surface area contributed by atoms with Crippen LogP contribution in [0, 0.1) is 13.8 Å². The first-order valence-electron chi connectivity index (χ1n) is 11.8. The summed E-state index contributed by atoms with van der Waals surface area (Å²) in [6, 6.07) is 15.7. The largest absolute Gasteiger partial charge is 0.416 e. The lowest BCUT2D eigenvalue weighted by Gasteiger charge is -2.21. The van der Waals surface area contributed by atoms with Gasteiger partial charge in [-0.1, -0.05) is 24.3 Å². The van der Waals surface area contributed by atoms with Crippen LogP contribution in [0.2, 0.25) is 0 Å². The maximum atomic E-state index is 13.4. The molecular weight excluding hydrogens is 465 g/mol. The summed E-state index contributed by atoms with van der Waals surface area (Å²) in [5.41, 5.74) is 3.39. The fourth-order valence-corrected chi connectivity index (χ4v) is 4.63. The molecule has 184 valence electrons. The molecule has 8 heteroatoms. The second-order valence-electron chi connectivity index (χ2n) is 9.08. The molecule has 0 bridgehead atoms. The standard InChI is InChI=1S/C28H25F3N4O/c1-18-15-25(34-12-5-6-13-34)19(2)14-21(18)17-32-35-26(20-8-7-9-22(16-20)28(29,30)31)33-24-11-4-3-10-23(24)27(35)36/h3-4,7-11,14-17H,5-6,12-13H2,1-2H3. The lowest BCUT2D eigenvalue weighted by molar-refractivity contribution is -0.137. The van der Waals surface area contributed by atoms with Crippen LogP contribution in [0.5, 0.6) is 0 Å². The molecule has 0 aliphatic carbocycles. The van der Waals surface area contributed by atoms with E-state index < -0.39 is 17.3 Å². The fourth-order valence-electron chi connectivity index (χ4n) is 4.63. The van der Waals surface area contributed by atoms with Crippen LogP contribution in [-0.4, -0.2) is 29.0 Å². The number of hydrogen-bond acceptors (Lipinski definition) is 4. The first-order valence-corrected chi connectivity index (χ1v) is 11.8. The summed E-state index contributed by atoms with van der Waals surface area (Å²) >= 11 is 0. The maximum Gasteiger partial charge on any atom is 0.416 e. The van der Waals surface area contributed by atoms with E-state index in [0.29, 0.717) is 10.9 Å². The Kier molecular flexibility index (Phi) is 6.12. The van der Waals surface area contributed by atoms with Crippen molar-refractivity contribution in [2.45, 2.75) is 32.9 Å². The third-order valence-electron chi connectivity index (χ3n) is 6.55. The van der Waals surface area contributed by atoms with Crippen molar-refractivity contribution < 1.29 is 13.2 Å². The fraction of sp³-hybridized carbons (Fsp3) is 0.250. The van der Waals surface area contributed by atoms with Gasteiger partial charge in [0.1, 0.15) is 0 Å². The van der Waals surface area contributed by atoms with Crippen LogP contribution in [0.1, 0.15) is 35.1 Å². The second kappa shape index (κ2) is 9.26. The SMILES string of the molecule is Cc1cc(N2CCCC2)c(C)cc1C=Nn1c(-c2cccc(C(F)(F)F)c2)nc2ccccc2c1=O. The Morgan fingerprint density at radius 2 is 1.69 bits per heavy atom. The number of nitrogens with zero attached hydrogens (tertiary/aromatic N) is 4. The summed E-state index contributed by atoms with van der Waals surface area (Å²) in [4.78, 5) is 20.3. The third-order valence-corrected chi connectivity index (χ3v) is 6.55. The first kappa shape index (κ1) is 23.8. The van der Waals surface area contributed by atoms with Gasteiger partial charge in [-0.15, -0.1) is 0 Å². The van der Waals surface area contributed by atoms with E-state index >= 15 is 0 Å². The smallest absolute Gasteiger partial charge is 0.371 e. The van der Waals surface area contributed by atoms with Gasteiger partial charge in [0.25, 0.3) is 5.56 Å². The molecule has 0 N–H and O–H groups in total. The molecule has 0 unspecified atom stereocenters.